The maximum atomic E-state index is 13.7. The Kier molecular flexibility index (Phi) is 5.92. The molecule has 1 atom stereocenters. The lowest BCUT2D eigenvalue weighted by Gasteiger charge is -2.34. The van der Waals surface area contributed by atoms with Gasteiger partial charge in [-0.3, -0.25) is 19.7 Å². The van der Waals surface area contributed by atoms with Crippen molar-refractivity contribution in [1.82, 2.24) is 19.8 Å². The van der Waals surface area contributed by atoms with E-state index in [4.69, 9.17) is 4.74 Å². The molecule has 1 aromatic heterocycles. The van der Waals surface area contributed by atoms with E-state index < -0.39 is 0 Å². The highest BCUT2D eigenvalue weighted by molar-refractivity contribution is 5.78. The zero-order chi connectivity index (χ0) is 19.3. The zero-order valence-corrected chi connectivity index (χ0v) is 15.9. The number of benzene rings is 1. The number of rotatable bonds is 4. The first kappa shape index (κ1) is 19.0. The molecule has 2 fully saturated rings. The molecule has 2 saturated heterocycles. The fourth-order valence-electron chi connectivity index (χ4n) is 4.03. The Balaban J connectivity index is 1.48. The van der Waals surface area contributed by atoms with Gasteiger partial charge in [-0.25, -0.2) is 4.39 Å². The van der Waals surface area contributed by atoms with Gasteiger partial charge in [0.25, 0.3) is 0 Å². The summed E-state index contributed by atoms with van der Waals surface area (Å²) in [6.07, 6.45) is 5.33. The first-order valence-corrected chi connectivity index (χ1v) is 9.85. The minimum absolute atomic E-state index is 0.161. The van der Waals surface area contributed by atoms with Crippen LogP contribution < -0.4 is 0 Å². The van der Waals surface area contributed by atoms with Crippen molar-refractivity contribution in [2.75, 3.05) is 45.9 Å². The lowest BCUT2D eigenvalue weighted by atomic mass is 9.91. The van der Waals surface area contributed by atoms with Crippen LogP contribution in [0.5, 0.6) is 0 Å². The third-order valence-corrected chi connectivity index (χ3v) is 5.44. The number of nitrogens with zero attached hydrogens (tertiary/aromatic N) is 4. The average Bonchev–Trinajstić information content (AvgIpc) is 2.74. The van der Waals surface area contributed by atoms with Crippen molar-refractivity contribution in [2.45, 2.75) is 18.8 Å². The number of likely N-dealkylation sites (tertiary alicyclic amines) is 1. The van der Waals surface area contributed by atoms with Crippen molar-refractivity contribution in [1.29, 1.82) is 0 Å². The third-order valence-electron chi connectivity index (χ3n) is 5.44. The van der Waals surface area contributed by atoms with E-state index >= 15 is 0 Å². The van der Waals surface area contributed by atoms with Crippen LogP contribution >= 0.6 is 0 Å². The van der Waals surface area contributed by atoms with Gasteiger partial charge in [-0.15, -0.1) is 0 Å². The van der Waals surface area contributed by atoms with Crippen LogP contribution in [0, 0.1) is 5.82 Å². The van der Waals surface area contributed by atoms with Gasteiger partial charge in [0, 0.05) is 43.5 Å². The Hall–Kier alpha value is -2.38. The van der Waals surface area contributed by atoms with Crippen LogP contribution in [0.2, 0.25) is 0 Å². The topological polar surface area (TPSA) is 58.6 Å². The molecule has 148 valence electrons. The summed E-state index contributed by atoms with van der Waals surface area (Å²) in [4.78, 5) is 25.8. The van der Waals surface area contributed by atoms with Gasteiger partial charge in [0.15, 0.2) is 0 Å². The summed E-state index contributed by atoms with van der Waals surface area (Å²) >= 11 is 0. The predicted octanol–water partition coefficient (Wildman–Crippen LogP) is 2.32. The van der Waals surface area contributed by atoms with E-state index in [1.807, 2.05) is 11.0 Å². The summed E-state index contributed by atoms with van der Waals surface area (Å²) in [5.41, 5.74) is 2.36. The van der Waals surface area contributed by atoms with Crippen molar-refractivity contribution in [3.63, 3.8) is 0 Å². The number of amides is 1. The van der Waals surface area contributed by atoms with Gasteiger partial charge in [0.2, 0.25) is 5.91 Å². The van der Waals surface area contributed by atoms with Crippen molar-refractivity contribution in [3.05, 3.63) is 48.2 Å². The summed E-state index contributed by atoms with van der Waals surface area (Å²) in [5, 5.41) is 0. The van der Waals surface area contributed by atoms with Crippen molar-refractivity contribution in [2.24, 2.45) is 0 Å². The molecular formula is C21H25FN4O2. The normalized spacial score (nSPS) is 20.9. The molecule has 0 bridgehead atoms. The Morgan fingerprint density at radius 1 is 1.18 bits per heavy atom. The van der Waals surface area contributed by atoms with E-state index in [1.54, 1.807) is 18.5 Å². The number of halogens is 1. The quantitative estimate of drug-likeness (QED) is 0.810. The van der Waals surface area contributed by atoms with Gasteiger partial charge in [-0.05, 0) is 31.5 Å². The van der Waals surface area contributed by atoms with Crippen LogP contribution in [0.4, 0.5) is 4.39 Å². The second kappa shape index (κ2) is 8.75. The van der Waals surface area contributed by atoms with E-state index in [1.165, 1.54) is 12.1 Å². The van der Waals surface area contributed by atoms with E-state index in [9.17, 15) is 9.18 Å². The molecule has 2 aliphatic heterocycles. The predicted molar refractivity (Wildman–Crippen MR) is 103 cm³/mol. The summed E-state index contributed by atoms with van der Waals surface area (Å²) in [7, 11) is 0. The molecule has 0 spiro atoms. The molecule has 0 aliphatic carbocycles. The van der Waals surface area contributed by atoms with Crippen LogP contribution in [0.3, 0.4) is 0 Å². The number of carbonyl (C=O) groups excluding carboxylic acids is 1. The molecule has 1 amide bonds. The Bertz CT molecular complexity index is 826. The molecule has 7 heteroatoms. The molecule has 1 unspecified atom stereocenters. The maximum Gasteiger partial charge on any atom is 0.236 e. The van der Waals surface area contributed by atoms with Crippen LogP contribution in [0.1, 0.15) is 24.5 Å². The van der Waals surface area contributed by atoms with Crippen molar-refractivity contribution < 1.29 is 13.9 Å². The molecule has 6 nitrogen and oxygen atoms in total. The monoisotopic (exact) mass is 384 g/mol. The van der Waals surface area contributed by atoms with Crippen LogP contribution in [-0.2, 0) is 9.53 Å². The highest BCUT2D eigenvalue weighted by Crippen LogP contribution is 2.31. The van der Waals surface area contributed by atoms with E-state index in [0.717, 1.165) is 42.9 Å². The van der Waals surface area contributed by atoms with E-state index in [0.29, 0.717) is 32.8 Å². The molecule has 0 saturated carbocycles. The average molecular weight is 384 g/mol. The SMILES string of the molecule is O=C(CN1CCCC(c2nccnc2-c2cccc(F)c2)C1)N1CCOCC1. The maximum absolute atomic E-state index is 13.7. The fraction of sp³-hybridized carbons (Fsp3) is 0.476. The number of ether oxygens (including phenoxy) is 1. The van der Waals surface area contributed by atoms with Crippen LogP contribution in [0.25, 0.3) is 11.3 Å². The molecule has 2 aliphatic rings. The summed E-state index contributed by atoms with van der Waals surface area (Å²) < 4.78 is 19.0. The molecular weight excluding hydrogens is 359 g/mol. The van der Waals surface area contributed by atoms with Crippen molar-refractivity contribution >= 4 is 5.91 Å². The standard InChI is InChI=1S/C21H25FN4O2/c22-18-5-1-3-16(13-18)20-21(24-7-6-23-20)17-4-2-8-25(14-17)15-19(27)26-9-11-28-12-10-26/h1,3,5-7,13,17H,2,4,8-12,14-15H2. The number of hydrogen-bond donors (Lipinski definition) is 0. The van der Waals surface area contributed by atoms with Crippen LogP contribution in [-0.4, -0.2) is 71.6 Å². The second-order valence-corrected chi connectivity index (χ2v) is 7.37. The minimum atomic E-state index is -0.282. The Morgan fingerprint density at radius 2 is 2.00 bits per heavy atom. The number of carbonyl (C=O) groups is 1. The smallest absolute Gasteiger partial charge is 0.236 e. The molecule has 28 heavy (non-hydrogen) atoms. The largest absolute Gasteiger partial charge is 0.378 e. The highest BCUT2D eigenvalue weighted by Gasteiger charge is 2.28. The Labute approximate surface area is 164 Å². The van der Waals surface area contributed by atoms with Gasteiger partial charge >= 0.3 is 0 Å². The first-order chi connectivity index (χ1) is 13.7. The Morgan fingerprint density at radius 3 is 2.82 bits per heavy atom. The third kappa shape index (κ3) is 4.36. The van der Waals surface area contributed by atoms with Gasteiger partial charge < -0.3 is 9.64 Å². The minimum Gasteiger partial charge on any atom is -0.378 e. The number of hydrogen-bond acceptors (Lipinski definition) is 5. The summed E-state index contributed by atoms with van der Waals surface area (Å²) in [6, 6.07) is 6.48. The van der Waals surface area contributed by atoms with Gasteiger partial charge in [0.05, 0.1) is 31.1 Å². The summed E-state index contributed by atoms with van der Waals surface area (Å²) in [5.74, 6) is 0.0575. The van der Waals surface area contributed by atoms with Gasteiger partial charge in [-0.1, -0.05) is 12.1 Å². The van der Waals surface area contributed by atoms with Crippen LogP contribution in [0.15, 0.2) is 36.7 Å². The molecule has 0 radical (unpaired) electrons. The number of piperidine rings is 1. The van der Waals surface area contributed by atoms with Gasteiger partial charge in [0.1, 0.15) is 5.82 Å². The van der Waals surface area contributed by atoms with Crippen molar-refractivity contribution in [3.8, 4) is 11.3 Å². The lowest BCUT2D eigenvalue weighted by Crippen LogP contribution is -2.47. The summed E-state index contributed by atoms with van der Waals surface area (Å²) in [6.45, 7) is 4.66. The lowest BCUT2D eigenvalue weighted by molar-refractivity contribution is -0.136. The van der Waals surface area contributed by atoms with Gasteiger partial charge in [-0.2, -0.15) is 0 Å². The highest BCUT2D eigenvalue weighted by atomic mass is 19.1. The molecule has 0 N–H and O–H groups in total. The zero-order valence-electron chi connectivity index (χ0n) is 15.9. The number of morpholine rings is 1. The molecule has 3 heterocycles. The second-order valence-electron chi connectivity index (χ2n) is 7.37. The fourth-order valence-corrected chi connectivity index (χ4v) is 4.03. The number of aromatic nitrogens is 2. The molecule has 2 aromatic rings. The van der Waals surface area contributed by atoms with E-state index in [2.05, 4.69) is 14.9 Å². The molecule has 1 aromatic carbocycles. The molecule has 4 rings (SSSR count). The van der Waals surface area contributed by atoms with E-state index in [-0.39, 0.29) is 17.6 Å². The first-order valence-electron chi connectivity index (χ1n) is 9.85.